The van der Waals surface area contributed by atoms with Crippen molar-refractivity contribution in [2.45, 2.75) is 0 Å². The van der Waals surface area contributed by atoms with Crippen molar-refractivity contribution in [2.75, 3.05) is 0 Å². The van der Waals surface area contributed by atoms with Gasteiger partial charge in [-0.25, -0.2) is 0 Å². The zero-order valence-corrected chi connectivity index (χ0v) is 49.6. The van der Waals surface area contributed by atoms with Crippen LogP contribution in [0.3, 0.4) is 0 Å². The van der Waals surface area contributed by atoms with Gasteiger partial charge < -0.3 is 135 Å². The van der Waals surface area contributed by atoms with Gasteiger partial charge in [-0.2, -0.15) is 54.8 Å². The van der Waals surface area contributed by atoms with Gasteiger partial charge >= 0.3 is 247 Å². The normalized spacial score (nSPS) is 9.39. The average molecular weight is 1200 g/mol. The first kappa shape index (κ1) is 105. The molecule has 28 nitrogen and oxygen atoms in total. The summed E-state index contributed by atoms with van der Waals surface area (Å²) in [6.45, 7) is 0. The van der Waals surface area contributed by atoms with Gasteiger partial charge in [0.1, 0.15) is 0 Å². The minimum atomic E-state index is -5.39. The summed E-state index contributed by atoms with van der Waals surface area (Å²) < 4.78 is 59.8. The van der Waals surface area contributed by atoms with E-state index in [4.69, 9.17) is 135 Å². The number of hydrogen-bond donors (Lipinski definition) is 0. The molecular weight excluding hydrogens is 1200 g/mol. The van der Waals surface area contributed by atoms with E-state index in [0.29, 0.717) is 0 Å². The Balaban J connectivity index is -0.0000000144. The van der Waals surface area contributed by atoms with E-state index in [2.05, 4.69) is 0 Å². The smallest absolute Gasteiger partial charge is 0.822 e. The van der Waals surface area contributed by atoms with Crippen molar-refractivity contribution in [3.63, 3.8) is 0 Å². The second-order valence-electron chi connectivity index (χ2n) is 3.13. The Bertz CT molecular complexity index is 591. The Kier molecular flexibility index (Phi) is 123. The largest absolute Gasteiger partial charge is 3.00 e. The van der Waals surface area contributed by atoms with Gasteiger partial charge in [-0.3, -0.25) is 0 Å². The minimum absolute atomic E-state index is 0. The third-order valence-electron chi connectivity index (χ3n) is 0. The van der Waals surface area contributed by atoms with E-state index in [0.717, 1.165) is 0 Å². The molecule has 0 spiro atoms. The Morgan fingerprint density at radius 1 is 0.205 bits per heavy atom. The molecule has 0 aliphatic heterocycles. The van der Waals surface area contributed by atoms with Crippen molar-refractivity contribution in [2.24, 2.45) is 0 Å². The summed E-state index contributed by atoms with van der Waals surface area (Å²) in [5.41, 5.74) is 0. The fraction of sp³-hybridized carbons (Fsp3) is 0. The SMILES string of the molecule is O=P([O-])([O-])[O-].O=P([O-])([O-])[O-].O=P([O-])([O-])[O-].O=P([O-])([O-])[O-].O=P([O-])([O-])[O-].O=P([O-])([O-])[O-].O=P([O-])([O-])[O-].[Al+3].[Al+3].[Al+3].[Sr+2].[Sr+2].[Sr+2].[Zn+2].[Zn+2].[Zn+2]. The van der Waals surface area contributed by atoms with Crippen LogP contribution in [0, 0.1) is 0 Å². The van der Waals surface area contributed by atoms with Crippen LogP contribution in [-0.4, -0.2) is 189 Å². The molecule has 0 N–H and O–H groups in total. The predicted octanol–water partition coefficient (Wildman–Crippen LogP) is -22.1. The Morgan fingerprint density at radius 2 is 0.205 bits per heavy atom. The van der Waals surface area contributed by atoms with E-state index < -0.39 is 54.8 Å². The maximum Gasteiger partial charge on any atom is 3.00 e. The van der Waals surface area contributed by atoms with Crippen LogP contribution in [0.15, 0.2) is 0 Å². The number of hydrogen-bond acceptors (Lipinski definition) is 28. The molecule has 0 aliphatic carbocycles. The zero-order chi connectivity index (χ0) is 31.5. The van der Waals surface area contributed by atoms with E-state index in [1.54, 1.807) is 0 Å². The third-order valence-corrected chi connectivity index (χ3v) is 0. The maximum absolute atomic E-state index is 8.55. The Labute approximate surface area is 427 Å². The topological polar surface area (TPSA) is 604 Å². The predicted molar refractivity (Wildman–Crippen MR) is 87.8 cm³/mol. The molecule has 0 heterocycles. The summed E-state index contributed by atoms with van der Waals surface area (Å²) in [7, 11) is -37.7. The average Bonchev–Trinajstić information content (AvgIpc) is 2.06. The first-order valence-electron chi connectivity index (χ1n) is 5.11. The van der Waals surface area contributed by atoms with E-state index in [-0.39, 0.29) is 247 Å². The summed E-state index contributed by atoms with van der Waals surface area (Å²) in [5.74, 6) is 0. The van der Waals surface area contributed by atoms with E-state index in [1.165, 1.54) is 0 Å². The standard InChI is InChI=1S/3Al.7H3O4P.3Sr.3Zn/c;;;7*1-5(2,3)4;;;;;;/h;;;7*(H3,1,2,3,4);;;;;;/q3*+3;;;;;;;;6*+2/p-21. The fourth-order valence-corrected chi connectivity index (χ4v) is 0. The van der Waals surface area contributed by atoms with Crippen molar-refractivity contribution >= 4 is 243 Å². The first-order valence-corrected chi connectivity index (χ1v) is 15.3. The van der Waals surface area contributed by atoms with E-state index in [9.17, 15) is 0 Å². The van der Waals surface area contributed by atoms with Gasteiger partial charge in [0.25, 0.3) is 0 Å². The second kappa shape index (κ2) is 51.7. The molecular formula is Al3O28P7Sr3Zn3. The summed E-state index contributed by atoms with van der Waals surface area (Å²) >= 11 is 0. The molecule has 0 aromatic heterocycles. The third kappa shape index (κ3) is 1660. The molecule has 0 fully saturated rings. The Morgan fingerprint density at radius 3 is 0.205 bits per heavy atom. The summed E-state index contributed by atoms with van der Waals surface area (Å²) in [6, 6.07) is 0. The maximum atomic E-state index is 8.55. The zero-order valence-electron chi connectivity index (χ0n) is 20.5. The molecule has 0 saturated heterocycles. The van der Waals surface area contributed by atoms with Crippen LogP contribution in [0.25, 0.3) is 0 Å². The number of phosphoric acid groups is 7. The quantitative estimate of drug-likeness (QED) is 0.160. The summed E-state index contributed by atoms with van der Waals surface area (Å²) in [5, 5.41) is 0. The molecule has 0 atom stereocenters. The number of rotatable bonds is 0. The molecule has 0 amide bonds. The van der Waals surface area contributed by atoms with Gasteiger partial charge in [0.2, 0.25) is 0 Å². The first-order chi connectivity index (χ1) is 14.0. The molecule has 0 radical (unpaired) electrons. The molecule has 0 unspecified atom stereocenters. The van der Waals surface area contributed by atoms with Gasteiger partial charge in [-0.1, -0.05) is 0 Å². The van der Waals surface area contributed by atoms with Crippen molar-refractivity contribution in [3.05, 3.63) is 0 Å². The van der Waals surface area contributed by atoms with Crippen molar-refractivity contribution in [3.8, 4) is 0 Å². The molecule has 0 aromatic carbocycles. The minimum Gasteiger partial charge on any atom is -0.822 e. The van der Waals surface area contributed by atoms with Gasteiger partial charge in [-0.15, -0.1) is 0 Å². The van der Waals surface area contributed by atoms with Gasteiger partial charge in [0.15, 0.2) is 0 Å². The van der Waals surface area contributed by atoms with Crippen LogP contribution in [0.5, 0.6) is 0 Å². The monoisotopic (exact) mass is 1200 g/mol. The van der Waals surface area contributed by atoms with E-state index in [1.807, 2.05) is 0 Å². The fourth-order valence-electron chi connectivity index (χ4n) is 0. The second-order valence-corrected chi connectivity index (χ2v) is 9.39. The van der Waals surface area contributed by atoms with Crippen molar-refractivity contribution < 1.29 is 193 Å². The van der Waals surface area contributed by atoms with Crippen LogP contribution in [0.2, 0.25) is 0 Å². The van der Waals surface area contributed by atoms with Gasteiger partial charge in [-0.05, 0) is 0 Å². The van der Waals surface area contributed by atoms with E-state index >= 15 is 0 Å². The molecule has 0 aliphatic rings. The van der Waals surface area contributed by atoms with Crippen LogP contribution in [0.4, 0.5) is 0 Å². The molecule has 0 saturated carbocycles. The molecule has 44 heteroatoms. The summed E-state index contributed by atoms with van der Waals surface area (Å²) in [6.07, 6.45) is 0. The van der Waals surface area contributed by atoms with Crippen molar-refractivity contribution in [1.82, 2.24) is 0 Å². The van der Waals surface area contributed by atoms with Gasteiger partial charge in [0.05, 0.1) is 0 Å². The van der Waals surface area contributed by atoms with Gasteiger partial charge in [0, 0.05) is 0 Å². The Hall–Kier alpha value is 8.68. The van der Waals surface area contributed by atoms with Crippen LogP contribution >= 0.6 is 54.8 Å². The molecule has 0 bridgehead atoms. The van der Waals surface area contributed by atoms with Crippen LogP contribution in [-0.2, 0) is 90.4 Å². The van der Waals surface area contributed by atoms with Crippen LogP contribution < -0.4 is 103 Å². The molecule has 0 aromatic rings. The molecule has 0 rings (SSSR count). The van der Waals surface area contributed by atoms with Crippen LogP contribution in [0.1, 0.15) is 0 Å². The molecule has 224 valence electrons. The summed E-state index contributed by atoms with van der Waals surface area (Å²) in [4.78, 5) is 180. The van der Waals surface area contributed by atoms with Crippen molar-refractivity contribution in [1.29, 1.82) is 0 Å². The molecule has 44 heavy (non-hydrogen) atoms.